The monoisotopic (exact) mass is 307 g/mol. The Morgan fingerprint density at radius 3 is 2.90 bits per heavy atom. The lowest BCUT2D eigenvalue weighted by molar-refractivity contribution is 0.151. The number of aromatic nitrogens is 2. The zero-order chi connectivity index (χ0) is 15.0. The second-order valence-electron chi connectivity index (χ2n) is 5.12. The minimum Gasteiger partial charge on any atom is -0.391 e. The second kappa shape index (κ2) is 5.25. The molecule has 3 rings (SSSR count). The lowest BCUT2D eigenvalue weighted by Crippen LogP contribution is -2.34. The maximum absolute atomic E-state index is 12.4. The Bertz CT molecular complexity index is 754. The molecule has 1 aliphatic rings. The molecule has 0 bridgehead atoms. The molecule has 1 aromatic heterocycles. The zero-order valence-electron chi connectivity index (χ0n) is 11.6. The Morgan fingerprint density at radius 2 is 2.19 bits per heavy atom. The highest BCUT2D eigenvalue weighted by molar-refractivity contribution is 7.89. The highest BCUT2D eigenvalue weighted by Gasteiger charge is 2.34. The quantitative estimate of drug-likeness (QED) is 0.782. The van der Waals surface area contributed by atoms with Crippen molar-refractivity contribution < 1.29 is 13.5 Å². The number of aliphatic hydroxyl groups is 1. The standard InChI is InChI=1S/C14H17N3O3S/c1-2-12-15-8-13(16-12)21(19,20)17-14-10-6-4-3-5-9(10)7-11(14)18/h3-6,8,11,14,17-18H,2,7H2,1H3,(H,15,16). The van der Waals surface area contributed by atoms with E-state index in [1.165, 1.54) is 6.20 Å². The van der Waals surface area contributed by atoms with E-state index in [-0.39, 0.29) is 5.03 Å². The molecule has 0 fully saturated rings. The number of H-pyrrole nitrogens is 1. The Balaban J connectivity index is 1.89. The summed E-state index contributed by atoms with van der Waals surface area (Å²) in [5.41, 5.74) is 1.79. The van der Waals surface area contributed by atoms with Crippen molar-refractivity contribution in [3.8, 4) is 0 Å². The van der Waals surface area contributed by atoms with Gasteiger partial charge in [-0.2, -0.15) is 4.72 Å². The molecule has 2 atom stereocenters. The molecule has 6 nitrogen and oxygen atoms in total. The van der Waals surface area contributed by atoms with Crippen LogP contribution in [0.2, 0.25) is 0 Å². The number of aliphatic hydroxyl groups excluding tert-OH is 1. The third kappa shape index (κ3) is 2.59. The molecule has 1 aliphatic carbocycles. The highest BCUT2D eigenvalue weighted by atomic mass is 32.2. The first kappa shape index (κ1) is 14.2. The van der Waals surface area contributed by atoms with Crippen LogP contribution < -0.4 is 4.72 Å². The van der Waals surface area contributed by atoms with E-state index in [1.807, 2.05) is 31.2 Å². The van der Waals surface area contributed by atoms with Crippen molar-refractivity contribution in [3.05, 3.63) is 47.4 Å². The molecule has 3 N–H and O–H groups in total. The van der Waals surface area contributed by atoms with Crippen LogP contribution in [0.5, 0.6) is 0 Å². The molecule has 1 aromatic carbocycles. The summed E-state index contributed by atoms with van der Waals surface area (Å²) in [7, 11) is -3.74. The Labute approximate surface area is 123 Å². The molecule has 21 heavy (non-hydrogen) atoms. The van der Waals surface area contributed by atoms with Crippen LogP contribution in [0.25, 0.3) is 0 Å². The van der Waals surface area contributed by atoms with E-state index in [0.29, 0.717) is 18.7 Å². The van der Waals surface area contributed by atoms with Crippen molar-refractivity contribution in [2.24, 2.45) is 0 Å². The van der Waals surface area contributed by atoms with Crippen LogP contribution in [0, 0.1) is 0 Å². The van der Waals surface area contributed by atoms with Crippen molar-refractivity contribution in [2.75, 3.05) is 0 Å². The van der Waals surface area contributed by atoms with Gasteiger partial charge in [-0.3, -0.25) is 0 Å². The van der Waals surface area contributed by atoms with Gasteiger partial charge in [-0.15, -0.1) is 0 Å². The smallest absolute Gasteiger partial charge is 0.258 e. The summed E-state index contributed by atoms with van der Waals surface area (Å²) in [5.74, 6) is 0.614. The van der Waals surface area contributed by atoms with Gasteiger partial charge in [0.2, 0.25) is 0 Å². The maximum Gasteiger partial charge on any atom is 0.258 e. The first-order chi connectivity index (χ1) is 10.0. The summed E-state index contributed by atoms with van der Waals surface area (Å²) < 4.78 is 27.3. The summed E-state index contributed by atoms with van der Waals surface area (Å²) in [6, 6.07) is 6.83. The van der Waals surface area contributed by atoms with E-state index >= 15 is 0 Å². The van der Waals surface area contributed by atoms with Gasteiger partial charge in [0.15, 0.2) is 5.03 Å². The number of nitrogens with one attached hydrogen (secondary N) is 2. The topological polar surface area (TPSA) is 95.1 Å². The van der Waals surface area contributed by atoms with E-state index in [1.54, 1.807) is 0 Å². The summed E-state index contributed by atoms with van der Waals surface area (Å²) in [5, 5.41) is 10.1. The first-order valence-corrected chi connectivity index (χ1v) is 8.31. The number of benzene rings is 1. The largest absolute Gasteiger partial charge is 0.391 e. The van der Waals surface area contributed by atoms with Crippen LogP contribution in [-0.4, -0.2) is 29.6 Å². The lowest BCUT2D eigenvalue weighted by atomic mass is 10.1. The van der Waals surface area contributed by atoms with Gasteiger partial charge in [-0.25, -0.2) is 13.4 Å². The fourth-order valence-electron chi connectivity index (χ4n) is 2.61. The lowest BCUT2D eigenvalue weighted by Gasteiger charge is -2.17. The number of aromatic amines is 1. The van der Waals surface area contributed by atoms with Gasteiger partial charge in [-0.1, -0.05) is 31.2 Å². The normalized spacial score (nSPS) is 21.4. The third-order valence-electron chi connectivity index (χ3n) is 3.72. The van der Waals surface area contributed by atoms with Crippen LogP contribution in [0.1, 0.15) is 29.9 Å². The van der Waals surface area contributed by atoms with E-state index in [9.17, 15) is 13.5 Å². The molecule has 0 spiro atoms. The average Bonchev–Trinajstić information content (AvgIpc) is 3.05. The molecule has 1 heterocycles. The van der Waals surface area contributed by atoms with Gasteiger partial charge in [0, 0.05) is 12.8 Å². The minimum atomic E-state index is -3.74. The molecule has 0 radical (unpaired) electrons. The molecular formula is C14H17N3O3S. The van der Waals surface area contributed by atoms with Gasteiger partial charge in [0.25, 0.3) is 10.0 Å². The van der Waals surface area contributed by atoms with Crippen LogP contribution >= 0.6 is 0 Å². The number of hydrogen-bond donors (Lipinski definition) is 3. The maximum atomic E-state index is 12.4. The number of fused-ring (bicyclic) bond motifs is 1. The zero-order valence-corrected chi connectivity index (χ0v) is 12.4. The van der Waals surface area contributed by atoms with E-state index in [0.717, 1.165) is 11.1 Å². The highest BCUT2D eigenvalue weighted by Crippen LogP contribution is 2.32. The fraction of sp³-hybridized carbons (Fsp3) is 0.357. The minimum absolute atomic E-state index is 0.0240. The van der Waals surface area contributed by atoms with E-state index in [2.05, 4.69) is 14.7 Å². The van der Waals surface area contributed by atoms with Gasteiger partial charge in [-0.05, 0) is 11.1 Å². The van der Waals surface area contributed by atoms with Crippen molar-refractivity contribution >= 4 is 10.0 Å². The summed E-state index contributed by atoms with van der Waals surface area (Å²) in [6.45, 7) is 1.89. The summed E-state index contributed by atoms with van der Waals surface area (Å²) in [4.78, 5) is 6.77. The molecule has 0 saturated carbocycles. The second-order valence-corrected chi connectivity index (χ2v) is 6.80. The number of hydrogen-bond acceptors (Lipinski definition) is 4. The van der Waals surface area contributed by atoms with Crippen LogP contribution in [-0.2, 0) is 22.9 Å². The van der Waals surface area contributed by atoms with Gasteiger partial charge >= 0.3 is 0 Å². The molecule has 0 amide bonds. The van der Waals surface area contributed by atoms with Gasteiger partial charge in [0.05, 0.1) is 18.3 Å². The molecule has 0 aliphatic heterocycles. The number of nitrogens with zero attached hydrogens (tertiary/aromatic N) is 1. The average molecular weight is 307 g/mol. The van der Waals surface area contributed by atoms with Crippen molar-refractivity contribution in [3.63, 3.8) is 0 Å². The Morgan fingerprint density at radius 1 is 1.43 bits per heavy atom. The molecule has 112 valence electrons. The van der Waals surface area contributed by atoms with Gasteiger partial charge in [0.1, 0.15) is 5.82 Å². The Kier molecular flexibility index (Phi) is 3.56. The Hall–Kier alpha value is -1.70. The molecule has 0 saturated heterocycles. The van der Waals surface area contributed by atoms with E-state index in [4.69, 9.17) is 0 Å². The first-order valence-electron chi connectivity index (χ1n) is 6.83. The van der Waals surface area contributed by atoms with E-state index < -0.39 is 22.2 Å². The van der Waals surface area contributed by atoms with Crippen LogP contribution in [0.3, 0.4) is 0 Å². The summed E-state index contributed by atoms with van der Waals surface area (Å²) in [6.07, 6.45) is 1.62. The predicted molar refractivity (Wildman–Crippen MR) is 77.2 cm³/mol. The van der Waals surface area contributed by atoms with Crippen molar-refractivity contribution in [2.45, 2.75) is 36.9 Å². The molecule has 2 aromatic rings. The summed E-state index contributed by atoms with van der Waals surface area (Å²) >= 11 is 0. The van der Waals surface area contributed by atoms with Crippen LogP contribution in [0.15, 0.2) is 35.5 Å². The number of sulfonamides is 1. The number of rotatable bonds is 4. The SMILES string of the molecule is CCc1ncc(S(=O)(=O)NC2c3ccccc3CC2O)[nH]1. The third-order valence-corrected chi connectivity index (χ3v) is 5.07. The number of aryl methyl sites for hydroxylation is 1. The predicted octanol–water partition coefficient (Wildman–Crippen LogP) is 0.909. The van der Waals surface area contributed by atoms with Crippen molar-refractivity contribution in [1.29, 1.82) is 0 Å². The van der Waals surface area contributed by atoms with Crippen molar-refractivity contribution in [1.82, 2.24) is 14.7 Å². The fourth-order valence-corrected chi connectivity index (χ4v) is 3.80. The molecular weight excluding hydrogens is 290 g/mol. The molecule has 7 heteroatoms. The van der Waals surface area contributed by atoms with Crippen LogP contribution in [0.4, 0.5) is 0 Å². The number of imidazole rings is 1. The van der Waals surface area contributed by atoms with Gasteiger partial charge < -0.3 is 10.1 Å². The molecule has 2 unspecified atom stereocenters.